The zero-order valence-corrected chi connectivity index (χ0v) is 12.6. The highest BCUT2D eigenvalue weighted by Crippen LogP contribution is 2.42. The van der Waals surface area contributed by atoms with Crippen LogP contribution in [0.2, 0.25) is 0 Å². The molecule has 0 heterocycles. The predicted octanol–water partition coefficient (Wildman–Crippen LogP) is 4.70. The van der Waals surface area contributed by atoms with E-state index in [0.717, 1.165) is 0 Å². The molecule has 0 aliphatic heterocycles. The molecule has 2 rings (SSSR count). The van der Waals surface area contributed by atoms with Crippen molar-refractivity contribution in [3.63, 3.8) is 0 Å². The summed E-state index contributed by atoms with van der Waals surface area (Å²) in [7, 11) is 0. The van der Waals surface area contributed by atoms with Gasteiger partial charge in [0, 0.05) is 11.8 Å². The van der Waals surface area contributed by atoms with Crippen LogP contribution in [0.5, 0.6) is 0 Å². The van der Waals surface area contributed by atoms with Gasteiger partial charge in [-0.05, 0) is 23.7 Å². The van der Waals surface area contributed by atoms with Crippen molar-refractivity contribution in [3.05, 3.63) is 0 Å². The van der Waals surface area contributed by atoms with Crippen molar-refractivity contribution in [3.8, 4) is 0 Å². The molecule has 0 saturated heterocycles. The van der Waals surface area contributed by atoms with E-state index in [2.05, 4.69) is 27.7 Å². The first-order valence-electron chi connectivity index (χ1n) is 8.06. The Morgan fingerprint density at radius 2 is 0.944 bits per heavy atom. The topological polar surface area (TPSA) is 17.1 Å². The lowest BCUT2D eigenvalue weighted by Gasteiger charge is -2.40. The van der Waals surface area contributed by atoms with Crippen LogP contribution < -0.4 is 0 Å². The molecule has 1 nitrogen and oxygen atoms in total. The highest BCUT2D eigenvalue weighted by atomic mass is 16.1. The molecule has 4 unspecified atom stereocenters. The lowest BCUT2D eigenvalue weighted by atomic mass is 9.63. The summed E-state index contributed by atoms with van der Waals surface area (Å²) in [5.74, 6) is 3.78. The van der Waals surface area contributed by atoms with Crippen LogP contribution in [0.25, 0.3) is 0 Å². The van der Waals surface area contributed by atoms with Crippen LogP contribution in [0.15, 0.2) is 0 Å². The number of rotatable bonds is 2. The maximum atomic E-state index is 13.0. The summed E-state index contributed by atoms with van der Waals surface area (Å²) in [4.78, 5) is 13.0. The molecule has 0 radical (unpaired) electrons. The first-order chi connectivity index (χ1) is 8.52. The summed E-state index contributed by atoms with van der Waals surface area (Å²) < 4.78 is 0. The van der Waals surface area contributed by atoms with E-state index in [1.54, 1.807) is 0 Å². The molecule has 0 bridgehead atoms. The Kier molecular flexibility index (Phi) is 4.50. The Balaban J connectivity index is 2.13. The fourth-order valence-corrected chi connectivity index (χ4v) is 4.71. The average Bonchev–Trinajstić information content (AvgIpc) is 2.28. The van der Waals surface area contributed by atoms with Crippen LogP contribution in [0.3, 0.4) is 0 Å². The molecule has 104 valence electrons. The number of hydrogen-bond donors (Lipinski definition) is 0. The minimum atomic E-state index is 0.353. The molecule has 18 heavy (non-hydrogen) atoms. The molecule has 0 spiro atoms. The van der Waals surface area contributed by atoms with Gasteiger partial charge in [-0.25, -0.2) is 0 Å². The van der Waals surface area contributed by atoms with E-state index >= 15 is 0 Å². The second kappa shape index (κ2) is 5.75. The molecule has 1 heteroatoms. The predicted molar refractivity (Wildman–Crippen MR) is 76.3 cm³/mol. The van der Waals surface area contributed by atoms with Crippen molar-refractivity contribution >= 4 is 5.78 Å². The Labute approximate surface area is 113 Å². The summed E-state index contributed by atoms with van der Waals surface area (Å²) in [5.41, 5.74) is 0. The fourth-order valence-electron chi connectivity index (χ4n) is 4.71. The SMILES string of the molecule is CC1CCCC(C)C1C(=O)C1C(C)CCCC1C. The van der Waals surface area contributed by atoms with Gasteiger partial charge in [-0.3, -0.25) is 4.79 Å². The van der Waals surface area contributed by atoms with Gasteiger partial charge in [-0.2, -0.15) is 0 Å². The molecule has 0 aromatic rings. The molecular formula is C17H30O. The molecule has 2 aliphatic rings. The van der Waals surface area contributed by atoms with Crippen molar-refractivity contribution in [2.75, 3.05) is 0 Å². The second-order valence-electron chi connectivity index (χ2n) is 7.22. The standard InChI is InChI=1S/C17H30O/c1-11-7-5-8-12(2)15(11)17(18)16-13(3)9-6-10-14(16)4/h11-16H,5-10H2,1-4H3. The molecule has 2 aliphatic carbocycles. The van der Waals surface area contributed by atoms with Crippen molar-refractivity contribution in [2.45, 2.75) is 66.2 Å². The van der Waals surface area contributed by atoms with Crippen LogP contribution in [0, 0.1) is 35.5 Å². The van der Waals surface area contributed by atoms with E-state index in [1.807, 2.05) is 0 Å². The van der Waals surface area contributed by atoms with Gasteiger partial charge in [-0.15, -0.1) is 0 Å². The first kappa shape index (κ1) is 14.1. The zero-order chi connectivity index (χ0) is 13.3. The third-order valence-corrected chi connectivity index (χ3v) is 5.75. The van der Waals surface area contributed by atoms with Gasteiger partial charge >= 0.3 is 0 Å². The number of ketones is 1. The minimum Gasteiger partial charge on any atom is -0.299 e. The Morgan fingerprint density at radius 3 is 1.22 bits per heavy atom. The largest absolute Gasteiger partial charge is 0.299 e. The van der Waals surface area contributed by atoms with Gasteiger partial charge in [0.25, 0.3) is 0 Å². The number of hydrogen-bond acceptors (Lipinski definition) is 1. The normalized spacial score (nSPS) is 45.8. The number of Topliss-reactive ketones (excluding diaryl/α,β-unsaturated/α-hetero) is 1. The van der Waals surface area contributed by atoms with Crippen molar-refractivity contribution in [1.82, 2.24) is 0 Å². The van der Waals surface area contributed by atoms with Crippen molar-refractivity contribution < 1.29 is 4.79 Å². The summed E-state index contributed by atoms with van der Waals surface area (Å²) in [6, 6.07) is 0. The Hall–Kier alpha value is -0.330. The highest BCUT2D eigenvalue weighted by molar-refractivity contribution is 5.84. The van der Waals surface area contributed by atoms with Gasteiger partial charge in [-0.1, -0.05) is 66.2 Å². The highest BCUT2D eigenvalue weighted by Gasteiger charge is 2.41. The second-order valence-corrected chi connectivity index (χ2v) is 7.22. The van der Waals surface area contributed by atoms with E-state index in [-0.39, 0.29) is 0 Å². The molecule has 2 fully saturated rings. The van der Waals surface area contributed by atoms with Gasteiger partial charge in [0.15, 0.2) is 0 Å². The van der Waals surface area contributed by atoms with Crippen LogP contribution in [0.1, 0.15) is 66.2 Å². The molecule has 0 aromatic heterocycles. The monoisotopic (exact) mass is 250 g/mol. The molecule has 0 amide bonds. The summed E-state index contributed by atoms with van der Waals surface area (Å²) in [6.07, 6.45) is 7.68. The quantitative estimate of drug-likeness (QED) is 0.694. The third-order valence-electron chi connectivity index (χ3n) is 5.75. The molecular weight excluding hydrogens is 220 g/mol. The fraction of sp³-hybridized carbons (Fsp3) is 0.941. The van der Waals surface area contributed by atoms with Crippen molar-refractivity contribution in [1.29, 1.82) is 0 Å². The van der Waals surface area contributed by atoms with Crippen LogP contribution in [-0.4, -0.2) is 5.78 Å². The maximum absolute atomic E-state index is 13.0. The van der Waals surface area contributed by atoms with Gasteiger partial charge in [0.2, 0.25) is 0 Å². The lowest BCUT2D eigenvalue weighted by molar-refractivity contribution is -0.136. The van der Waals surface area contributed by atoms with Crippen LogP contribution in [-0.2, 0) is 4.79 Å². The van der Waals surface area contributed by atoms with Gasteiger partial charge in [0.1, 0.15) is 5.78 Å². The van der Waals surface area contributed by atoms with E-state index in [1.165, 1.54) is 38.5 Å². The van der Waals surface area contributed by atoms with Crippen molar-refractivity contribution in [2.24, 2.45) is 35.5 Å². The average molecular weight is 250 g/mol. The first-order valence-corrected chi connectivity index (χ1v) is 8.06. The minimum absolute atomic E-state index is 0.353. The zero-order valence-electron chi connectivity index (χ0n) is 12.6. The number of carbonyl (C=O) groups excluding carboxylic acids is 1. The van der Waals surface area contributed by atoms with Crippen LogP contribution in [0.4, 0.5) is 0 Å². The third kappa shape index (κ3) is 2.65. The summed E-state index contributed by atoms with van der Waals surface area (Å²) in [6.45, 7) is 9.21. The van der Waals surface area contributed by atoms with Gasteiger partial charge < -0.3 is 0 Å². The van der Waals surface area contributed by atoms with Gasteiger partial charge in [0.05, 0.1) is 0 Å². The van der Waals surface area contributed by atoms with E-state index < -0.39 is 0 Å². The lowest BCUT2D eigenvalue weighted by Crippen LogP contribution is -2.41. The van der Waals surface area contributed by atoms with E-state index in [4.69, 9.17) is 0 Å². The maximum Gasteiger partial charge on any atom is 0.140 e. The smallest absolute Gasteiger partial charge is 0.140 e. The summed E-state index contributed by atoms with van der Waals surface area (Å²) >= 11 is 0. The van der Waals surface area contributed by atoms with E-state index in [0.29, 0.717) is 41.3 Å². The Bertz CT molecular complexity index is 248. The van der Waals surface area contributed by atoms with E-state index in [9.17, 15) is 4.79 Å². The molecule has 0 aromatic carbocycles. The molecule has 0 N–H and O–H groups in total. The molecule has 2 saturated carbocycles. The van der Waals surface area contributed by atoms with Crippen LogP contribution >= 0.6 is 0 Å². The number of carbonyl (C=O) groups is 1. The summed E-state index contributed by atoms with van der Waals surface area (Å²) in [5, 5.41) is 0. The molecule has 4 atom stereocenters. The Morgan fingerprint density at radius 1 is 0.667 bits per heavy atom.